The molecule has 0 fully saturated rings. The summed E-state index contributed by atoms with van der Waals surface area (Å²) in [5, 5.41) is 8.53. The standard InChI is InChI=1S/C6H6NOS/c8-4-5-1-2-6(9)3-7-5/h1-3,8H,4H2. The van der Waals surface area contributed by atoms with Gasteiger partial charge in [0.05, 0.1) is 17.2 Å². The molecule has 1 radical (unpaired) electrons. The van der Waals surface area contributed by atoms with Crippen LogP contribution >= 0.6 is 12.6 Å². The Kier molecular flexibility index (Phi) is 1.97. The van der Waals surface area contributed by atoms with Crippen molar-refractivity contribution in [2.45, 2.75) is 11.5 Å². The summed E-state index contributed by atoms with van der Waals surface area (Å²) in [7, 11) is 0. The van der Waals surface area contributed by atoms with Gasteiger partial charge in [-0.05, 0) is 12.1 Å². The van der Waals surface area contributed by atoms with Crippen molar-refractivity contribution < 1.29 is 5.11 Å². The summed E-state index contributed by atoms with van der Waals surface area (Å²) in [6.07, 6.45) is 1.56. The van der Waals surface area contributed by atoms with Crippen LogP contribution in [0.5, 0.6) is 0 Å². The van der Waals surface area contributed by atoms with Gasteiger partial charge in [-0.2, -0.15) is 0 Å². The van der Waals surface area contributed by atoms with Crippen LogP contribution in [0.1, 0.15) is 5.69 Å². The minimum atomic E-state index is -0.0182. The van der Waals surface area contributed by atoms with E-state index in [1.165, 1.54) is 0 Å². The molecule has 0 aliphatic rings. The molecule has 1 N–H and O–H groups in total. The molecule has 0 bridgehead atoms. The highest BCUT2D eigenvalue weighted by atomic mass is 32.1. The van der Waals surface area contributed by atoms with Crippen molar-refractivity contribution in [3.63, 3.8) is 0 Å². The molecule has 1 rings (SSSR count). The lowest BCUT2D eigenvalue weighted by Gasteiger charge is -1.91. The molecule has 47 valence electrons. The Hall–Kier alpha value is -0.670. The lowest BCUT2D eigenvalue weighted by atomic mass is 10.4. The molecule has 2 nitrogen and oxygen atoms in total. The van der Waals surface area contributed by atoms with Crippen molar-refractivity contribution in [3.05, 3.63) is 24.0 Å². The SMILES string of the molecule is OCc1ccc([S])cn1. The van der Waals surface area contributed by atoms with E-state index in [-0.39, 0.29) is 6.61 Å². The Morgan fingerprint density at radius 1 is 1.56 bits per heavy atom. The molecule has 0 aliphatic heterocycles. The maximum atomic E-state index is 8.53. The van der Waals surface area contributed by atoms with Crippen molar-refractivity contribution in [1.82, 2.24) is 4.98 Å². The predicted octanol–water partition coefficient (Wildman–Crippen LogP) is 1.13. The first kappa shape index (κ1) is 6.45. The third-order valence-corrected chi connectivity index (χ3v) is 1.20. The fourth-order valence-electron chi connectivity index (χ4n) is 0.504. The zero-order valence-electron chi connectivity index (χ0n) is 4.74. The van der Waals surface area contributed by atoms with Crippen LogP contribution in [0.3, 0.4) is 0 Å². The molecule has 0 spiro atoms. The molecule has 0 atom stereocenters. The number of aliphatic hydroxyl groups is 1. The van der Waals surface area contributed by atoms with Gasteiger partial charge in [-0.25, -0.2) is 0 Å². The van der Waals surface area contributed by atoms with E-state index >= 15 is 0 Å². The zero-order valence-corrected chi connectivity index (χ0v) is 5.56. The first-order valence-corrected chi connectivity index (χ1v) is 2.96. The van der Waals surface area contributed by atoms with Crippen molar-refractivity contribution in [1.29, 1.82) is 0 Å². The van der Waals surface area contributed by atoms with Crippen LogP contribution in [0.4, 0.5) is 0 Å². The molecule has 0 saturated carbocycles. The average Bonchev–Trinajstić information content (AvgIpc) is 1.90. The summed E-state index contributed by atoms with van der Waals surface area (Å²) >= 11 is 4.78. The van der Waals surface area contributed by atoms with Crippen LogP contribution in [0, 0.1) is 0 Å². The molecule has 0 unspecified atom stereocenters. The van der Waals surface area contributed by atoms with Crippen LogP contribution in [-0.4, -0.2) is 10.1 Å². The summed E-state index contributed by atoms with van der Waals surface area (Å²) in [6.45, 7) is -0.0182. The summed E-state index contributed by atoms with van der Waals surface area (Å²) in [5.41, 5.74) is 0.656. The van der Waals surface area contributed by atoms with E-state index < -0.39 is 0 Å². The smallest absolute Gasteiger partial charge is 0.0852 e. The fourth-order valence-corrected chi connectivity index (χ4v) is 0.625. The molecule has 0 amide bonds. The minimum Gasteiger partial charge on any atom is -0.390 e. The fraction of sp³-hybridized carbons (Fsp3) is 0.167. The summed E-state index contributed by atoms with van der Waals surface area (Å²) in [6, 6.07) is 3.45. The minimum absolute atomic E-state index is 0.0182. The molecule has 0 aromatic carbocycles. The van der Waals surface area contributed by atoms with E-state index in [2.05, 4.69) is 4.98 Å². The van der Waals surface area contributed by atoms with E-state index in [9.17, 15) is 0 Å². The van der Waals surface area contributed by atoms with Gasteiger partial charge in [0.2, 0.25) is 0 Å². The van der Waals surface area contributed by atoms with Crippen LogP contribution < -0.4 is 0 Å². The lowest BCUT2D eigenvalue weighted by molar-refractivity contribution is 0.276. The van der Waals surface area contributed by atoms with Gasteiger partial charge < -0.3 is 5.11 Å². The largest absolute Gasteiger partial charge is 0.390 e. The first-order valence-electron chi connectivity index (χ1n) is 2.56. The van der Waals surface area contributed by atoms with Gasteiger partial charge in [-0.1, -0.05) is 12.6 Å². The van der Waals surface area contributed by atoms with E-state index in [4.69, 9.17) is 17.7 Å². The number of nitrogens with zero attached hydrogens (tertiary/aromatic N) is 1. The van der Waals surface area contributed by atoms with Crippen molar-refractivity contribution in [3.8, 4) is 0 Å². The van der Waals surface area contributed by atoms with Gasteiger partial charge in [0.15, 0.2) is 0 Å². The molecule has 0 saturated heterocycles. The lowest BCUT2D eigenvalue weighted by Crippen LogP contribution is -1.85. The van der Waals surface area contributed by atoms with Gasteiger partial charge in [0.1, 0.15) is 0 Å². The van der Waals surface area contributed by atoms with Crippen LogP contribution in [0.2, 0.25) is 0 Å². The summed E-state index contributed by atoms with van der Waals surface area (Å²) in [5.74, 6) is 0. The van der Waals surface area contributed by atoms with Gasteiger partial charge in [-0.3, -0.25) is 4.98 Å². The Labute approximate surface area is 59.0 Å². The van der Waals surface area contributed by atoms with Crippen LogP contribution in [-0.2, 0) is 6.61 Å². The van der Waals surface area contributed by atoms with E-state index in [0.29, 0.717) is 10.6 Å². The number of hydrogen-bond donors (Lipinski definition) is 1. The Morgan fingerprint density at radius 2 is 2.33 bits per heavy atom. The average molecular weight is 140 g/mol. The Balaban J connectivity index is 2.88. The van der Waals surface area contributed by atoms with Gasteiger partial charge in [0.25, 0.3) is 0 Å². The summed E-state index contributed by atoms with van der Waals surface area (Å²) < 4.78 is 0. The highest BCUT2D eigenvalue weighted by molar-refractivity contribution is 7.80. The number of pyridine rings is 1. The van der Waals surface area contributed by atoms with Gasteiger partial charge in [0, 0.05) is 6.20 Å². The highest BCUT2D eigenvalue weighted by Crippen LogP contribution is 2.02. The molecule has 1 aromatic heterocycles. The van der Waals surface area contributed by atoms with Gasteiger partial charge >= 0.3 is 0 Å². The van der Waals surface area contributed by atoms with E-state index in [1.54, 1.807) is 18.3 Å². The maximum Gasteiger partial charge on any atom is 0.0852 e. The van der Waals surface area contributed by atoms with E-state index in [1.807, 2.05) is 0 Å². The van der Waals surface area contributed by atoms with Crippen molar-refractivity contribution in [2.24, 2.45) is 0 Å². The molecule has 3 heteroatoms. The molecule has 9 heavy (non-hydrogen) atoms. The molecule has 0 aliphatic carbocycles. The molecular weight excluding hydrogens is 134 g/mol. The third-order valence-electron chi connectivity index (χ3n) is 0.960. The topological polar surface area (TPSA) is 33.1 Å². The van der Waals surface area contributed by atoms with Crippen LogP contribution in [0.15, 0.2) is 23.2 Å². The number of rotatable bonds is 1. The molecule has 1 aromatic rings. The quantitative estimate of drug-likeness (QED) is 0.634. The van der Waals surface area contributed by atoms with E-state index in [0.717, 1.165) is 0 Å². The second-order valence-corrected chi connectivity index (χ2v) is 2.11. The Morgan fingerprint density at radius 3 is 2.78 bits per heavy atom. The Bertz CT molecular complexity index is 185. The van der Waals surface area contributed by atoms with Gasteiger partial charge in [-0.15, -0.1) is 0 Å². The number of aromatic nitrogens is 1. The zero-order chi connectivity index (χ0) is 6.69. The third kappa shape index (κ3) is 1.62. The number of hydrogen-bond acceptors (Lipinski definition) is 2. The second kappa shape index (κ2) is 2.75. The highest BCUT2D eigenvalue weighted by Gasteiger charge is 1.88. The summed E-state index contributed by atoms with van der Waals surface area (Å²) in [4.78, 5) is 4.54. The van der Waals surface area contributed by atoms with Crippen molar-refractivity contribution in [2.75, 3.05) is 0 Å². The normalized spacial score (nSPS) is 9.44. The van der Waals surface area contributed by atoms with Crippen molar-refractivity contribution >= 4 is 12.6 Å². The maximum absolute atomic E-state index is 8.53. The number of aliphatic hydroxyl groups excluding tert-OH is 1. The monoisotopic (exact) mass is 140 g/mol. The predicted molar refractivity (Wildman–Crippen MR) is 36.0 cm³/mol. The second-order valence-electron chi connectivity index (χ2n) is 1.64. The molecule has 1 heterocycles. The first-order chi connectivity index (χ1) is 4.33. The van der Waals surface area contributed by atoms with Crippen LogP contribution in [0.25, 0.3) is 0 Å². The molecular formula is C6H6NOS.